The molecule has 2 rings (SSSR count). The maximum absolute atomic E-state index is 13.1. The van der Waals surface area contributed by atoms with E-state index in [4.69, 9.17) is 14.5 Å². The first kappa shape index (κ1) is 24.0. The Kier molecular flexibility index (Phi) is 9.93. The zero-order valence-electron chi connectivity index (χ0n) is 18.4. The molecule has 1 atom stereocenters. The summed E-state index contributed by atoms with van der Waals surface area (Å²) in [6, 6.07) is 6.93. The number of hydrogen-bond acceptors (Lipinski definition) is 5. The fourth-order valence-corrected chi connectivity index (χ4v) is 3.60. The van der Waals surface area contributed by atoms with Crippen LogP contribution in [0.25, 0.3) is 10.9 Å². The Balaban J connectivity index is 2.39. The Morgan fingerprint density at radius 2 is 1.90 bits per heavy atom. The summed E-state index contributed by atoms with van der Waals surface area (Å²) in [6.45, 7) is 4.20. The fourth-order valence-electron chi connectivity index (χ4n) is 3.60. The average molecular weight is 420 g/mol. The highest BCUT2D eigenvalue weighted by atomic mass is 16.5. The number of nitrogens with zero attached hydrogens (tertiary/aromatic N) is 3. The molecule has 1 amide bonds. The Hall–Kier alpha value is -2.29. The molecule has 0 bridgehead atoms. The van der Waals surface area contributed by atoms with Gasteiger partial charge in [-0.1, -0.05) is 18.6 Å². The van der Waals surface area contributed by atoms with Crippen molar-refractivity contribution < 1.29 is 20.0 Å². The number of hydrogen-bond donors (Lipinski definition) is 1. The molecule has 0 saturated carbocycles. The lowest BCUT2D eigenvalue weighted by Gasteiger charge is -2.30. The van der Waals surface area contributed by atoms with Crippen LogP contribution in [0.2, 0.25) is 0 Å². The number of carbonyl (C=O) groups excluding carboxylic acids is 1. The number of fused-ring (bicyclic) bond motifs is 1. The summed E-state index contributed by atoms with van der Waals surface area (Å²) < 4.78 is 11.9. The molecular formula is C22H35N4O4+. The second kappa shape index (κ2) is 12.4. The lowest BCUT2D eigenvalue weighted by atomic mass is 10.1. The van der Waals surface area contributed by atoms with Crippen molar-refractivity contribution in [3.8, 4) is 0 Å². The van der Waals surface area contributed by atoms with Crippen molar-refractivity contribution in [1.82, 2.24) is 14.5 Å². The monoisotopic (exact) mass is 419 g/mol. The Morgan fingerprint density at radius 1 is 1.17 bits per heavy atom. The molecule has 0 aliphatic heterocycles. The first-order valence-electron chi connectivity index (χ1n) is 10.6. The number of methoxy groups -OCH3 is 2. The predicted octanol–water partition coefficient (Wildman–Crippen LogP) is 1.38. The van der Waals surface area contributed by atoms with E-state index in [-0.39, 0.29) is 24.1 Å². The van der Waals surface area contributed by atoms with Crippen LogP contribution in [0.15, 0.2) is 29.1 Å². The van der Waals surface area contributed by atoms with Gasteiger partial charge in [0.2, 0.25) is 5.91 Å². The van der Waals surface area contributed by atoms with E-state index in [1.54, 1.807) is 22.6 Å². The largest absolute Gasteiger partial charge is 0.383 e. The number of ether oxygens (including phenoxy) is 2. The van der Waals surface area contributed by atoms with Crippen LogP contribution >= 0.6 is 0 Å². The molecule has 2 aromatic rings. The van der Waals surface area contributed by atoms with Crippen LogP contribution in [0.4, 0.5) is 0 Å². The third-order valence-electron chi connectivity index (χ3n) is 5.24. The number of para-hydroxylation sites is 1. The topological polar surface area (TPSA) is 101 Å². The first-order chi connectivity index (χ1) is 14.5. The highest BCUT2D eigenvalue weighted by molar-refractivity contribution is 5.79. The summed E-state index contributed by atoms with van der Waals surface area (Å²) in [7, 11) is 3.11. The zero-order chi connectivity index (χ0) is 21.9. The molecule has 30 heavy (non-hydrogen) atoms. The quantitative estimate of drug-likeness (QED) is 0.494. The van der Waals surface area contributed by atoms with Crippen LogP contribution in [-0.2, 0) is 20.8 Å². The molecule has 0 saturated heterocycles. The number of rotatable bonds is 13. The van der Waals surface area contributed by atoms with Gasteiger partial charge in [0, 0.05) is 20.8 Å². The molecule has 0 radical (unpaired) electrons. The minimum atomic E-state index is -0.366. The second-order valence-corrected chi connectivity index (χ2v) is 7.40. The van der Waals surface area contributed by atoms with Gasteiger partial charge in [-0.05, 0) is 38.3 Å². The number of amides is 1. The molecule has 1 aromatic heterocycles. The maximum Gasteiger partial charge on any atom is 0.261 e. The molecule has 166 valence electrons. The predicted molar refractivity (Wildman–Crippen MR) is 116 cm³/mol. The molecular weight excluding hydrogens is 384 g/mol. The van der Waals surface area contributed by atoms with Crippen molar-refractivity contribution in [3.05, 3.63) is 40.4 Å². The highest BCUT2D eigenvalue weighted by Crippen LogP contribution is 2.21. The number of unbranched alkanes of at least 4 members (excludes halogenated alkanes) is 3. The van der Waals surface area contributed by atoms with Crippen molar-refractivity contribution in [1.29, 1.82) is 0 Å². The Labute approximate surface area is 178 Å². The smallest absolute Gasteiger partial charge is 0.261 e. The lowest BCUT2D eigenvalue weighted by Crippen LogP contribution is -2.50. The summed E-state index contributed by atoms with van der Waals surface area (Å²) in [5.41, 5.74) is 4.39. The molecule has 0 aliphatic rings. The van der Waals surface area contributed by atoms with E-state index in [1.807, 2.05) is 25.1 Å². The lowest BCUT2D eigenvalue weighted by molar-refractivity contribution is -0.368. The van der Waals surface area contributed by atoms with Gasteiger partial charge in [-0.25, -0.2) is 4.98 Å². The maximum atomic E-state index is 13.1. The minimum absolute atomic E-state index is 0.000888. The summed E-state index contributed by atoms with van der Waals surface area (Å²) in [5.74, 6) is 0.459. The Bertz CT molecular complexity index is 868. The van der Waals surface area contributed by atoms with Crippen LogP contribution in [0.3, 0.4) is 0 Å². The molecule has 1 aromatic carbocycles. The van der Waals surface area contributed by atoms with Crippen molar-refractivity contribution in [2.24, 2.45) is 0 Å². The van der Waals surface area contributed by atoms with E-state index in [2.05, 4.69) is 5.73 Å². The van der Waals surface area contributed by atoms with Gasteiger partial charge in [0.25, 0.3) is 5.56 Å². The van der Waals surface area contributed by atoms with Crippen LogP contribution in [0.5, 0.6) is 0 Å². The third kappa shape index (κ3) is 6.10. The van der Waals surface area contributed by atoms with Gasteiger partial charge >= 0.3 is 0 Å². The van der Waals surface area contributed by atoms with E-state index < -0.39 is 0 Å². The van der Waals surface area contributed by atoms with Crippen molar-refractivity contribution in [2.75, 3.05) is 40.5 Å². The highest BCUT2D eigenvalue weighted by Gasteiger charge is 2.25. The van der Waals surface area contributed by atoms with Crippen LogP contribution in [0.1, 0.15) is 44.5 Å². The molecule has 8 heteroatoms. The van der Waals surface area contributed by atoms with Gasteiger partial charge in [-0.3, -0.25) is 14.2 Å². The number of carbonyl (C=O) groups is 1. The van der Waals surface area contributed by atoms with Crippen LogP contribution in [0, 0.1) is 0 Å². The number of aromatic nitrogens is 2. The molecule has 0 spiro atoms. The summed E-state index contributed by atoms with van der Waals surface area (Å²) >= 11 is 0. The number of quaternary nitrogens is 1. The average Bonchev–Trinajstić information content (AvgIpc) is 2.75. The molecule has 0 unspecified atom stereocenters. The molecule has 3 N–H and O–H groups in total. The van der Waals surface area contributed by atoms with Crippen molar-refractivity contribution >= 4 is 16.8 Å². The van der Waals surface area contributed by atoms with E-state index in [0.717, 1.165) is 32.2 Å². The summed E-state index contributed by atoms with van der Waals surface area (Å²) in [4.78, 5) is 32.5. The van der Waals surface area contributed by atoms with Gasteiger partial charge in [0.15, 0.2) is 0 Å². The Morgan fingerprint density at radius 3 is 2.60 bits per heavy atom. The number of benzene rings is 1. The van der Waals surface area contributed by atoms with E-state index >= 15 is 0 Å². The third-order valence-corrected chi connectivity index (χ3v) is 5.24. The van der Waals surface area contributed by atoms with Gasteiger partial charge in [-0.15, -0.1) is 0 Å². The van der Waals surface area contributed by atoms with E-state index in [9.17, 15) is 9.59 Å². The molecule has 0 aliphatic carbocycles. The van der Waals surface area contributed by atoms with Crippen LogP contribution < -0.4 is 11.3 Å². The molecule has 0 fully saturated rings. The summed E-state index contributed by atoms with van der Waals surface area (Å²) in [6.07, 6.45) is 4.09. The van der Waals surface area contributed by atoms with Crippen LogP contribution in [-0.4, -0.2) is 60.9 Å². The SMILES string of the molecule is COCCn1c([C@@H](C)N(CCCCCC[NH3+])C(=O)COC)nc2ccccc2c1=O. The van der Waals surface area contributed by atoms with Crippen molar-refractivity contribution in [3.63, 3.8) is 0 Å². The summed E-state index contributed by atoms with van der Waals surface area (Å²) in [5, 5.41) is 0.562. The molecule has 1 heterocycles. The van der Waals surface area contributed by atoms with Gasteiger partial charge in [0.1, 0.15) is 12.4 Å². The first-order valence-corrected chi connectivity index (χ1v) is 10.6. The second-order valence-electron chi connectivity index (χ2n) is 7.40. The normalized spacial score (nSPS) is 12.3. The standard InChI is InChI=1S/C22H34N4O4/c1-17(25(20(27)16-30-3)13-9-5-4-8-12-23)21-24-19-11-7-6-10-18(19)22(28)26(21)14-15-29-2/h6-7,10-11,17H,4-5,8-9,12-16,23H2,1-3H3/p+1/t17-/m1/s1. The van der Waals surface area contributed by atoms with Gasteiger partial charge in [0.05, 0.1) is 36.6 Å². The molecule has 8 nitrogen and oxygen atoms in total. The van der Waals surface area contributed by atoms with Gasteiger partial charge in [-0.2, -0.15) is 0 Å². The fraction of sp³-hybridized carbons (Fsp3) is 0.591. The van der Waals surface area contributed by atoms with E-state index in [1.165, 1.54) is 7.11 Å². The van der Waals surface area contributed by atoms with Gasteiger partial charge < -0.3 is 20.1 Å². The van der Waals surface area contributed by atoms with Crippen molar-refractivity contribution in [2.45, 2.75) is 45.2 Å². The zero-order valence-corrected chi connectivity index (χ0v) is 18.4. The van der Waals surface area contributed by atoms with E-state index in [0.29, 0.717) is 36.4 Å². The minimum Gasteiger partial charge on any atom is -0.383 e.